The summed E-state index contributed by atoms with van der Waals surface area (Å²) >= 11 is 0. The molecule has 0 fully saturated rings. The van der Waals surface area contributed by atoms with Crippen LogP contribution in [0.3, 0.4) is 0 Å². The summed E-state index contributed by atoms with van der Waals surface area (Å²) in [4.78, 5) is 0. The molecule has 1 aliphatic rings. The van der Waals surface area contributed by atoms with Crippen LogP contribution in [0.2, 0.25) is 0 Å². The van der Waals surface area contributed by atoms with E-state index in [1.54, 1.807) is 0 Å². The zero-order chi connectivity index (χ0) is 16.2. The third-order valence-electron chi connectivity index (χ3n) is 4.78. The fourth-order valence-corrected chi connectivity index (χ4v) is 3.50. The second kappa shape index (κ2) is 6.92. The summed E-state index contributed by atoms with van der Waals surface area (Å²) in [7, 11) is 0. The first-order valence-corrected chi connectivity index (χ1v) is 8.78. The lowest BCUT2D eigenvalue weighted by molar-refractivity contribution is 0.247. The van der Waals surface area contributed by atoms with Gasteiger partial charge in [-0.05, 0) is 60.1 Å². The lowest BCUT2D eigenvalue weighted by atomic mass is 9.91. The fourth-order valence-electron chi connectivity index (χ4n) is 3.50. The number of hydrogen-bond donors (Lipinski definition) is 0. The van der Waals surface area contributed by atoms with Gasteiger partial charge in [0.25, 0.3) is 0 Å². The van der Waals surface area contributed by atoms with Crippen LogP contribution in [-0.4, -0.2) is 0 Å². The van der Waals surface area contributed by atoms with Crippen molar-refractivity contribution in [3.05, 3.63) is 101 Å². The van der Waals surface area contributed by atoms with E-state index >= 15 is 0 Å². The first kappa shape index (κ1) is 15.0. The molecule has 120 valence electrons. The number of benzene rings is 3. The van der Waals surface area contributed by atoms with E-state index in [-0.39, 0.29) is 6.10 Å². The Kier molecular flexibility index (Phi) is 4.33. The molecule has 0 unspecified atom stereocenters. The van der Waals surface area contributed by atoms with Crippen molar-refractivity contribution in [3.63, 3.8) is 0 Å². The van der Waals surface area contributed by atoms with Gasteiger partial charge >= 0.3 is 0 Å². The SMILES string of the molecule is c1ccc(C(Oc2ccc3c(c2)CCCC3)c2ccccc2)cc1. The Morgan fingerprint density at radius 3 is 1.83 bits per heavy atom. The summed E-state index contributed by atoms with van der Waals surface area (Å²) < 4.78 is 6.45. The average molecular weight is 314 g/mol. The summed E-state index contributed by atoms with van der Waals surface area (Å²) in [6, 6.07) is 27.5. The van der Waals surface area contributed by atoms with Crippen molar-refractivity contribution >= 4 is 0 Å². The molecule has 0 heterocycles. The molecule has 0 radical (unpaired) electrons. The molecular formula is C23H22O. The van der Waals surface area contributed by atoms with Crippen molar-refractivity contribution in [1.29, 1.82) is 0 Å². The van der Waals surface area contributed by atoms with Gasteiger partial charge in [0.05, 0.1) is 0 Å². The second-order valence-electron chi connectivity index (χ2n) is 6.46. The Morgan fingerprint density at radius 2 is 1.21 bits per heavy atom. The van der Waals surface area contributed by atoms with Crippen LogP contribution in [0.15, 0.2) is 78.9 Å². The highest BCUT2D eigenvalue weighted by Gasteiger charge is 2.17. The van der Waals surface area contributed by atoms with Crippen molar-refractivity contribution in [2.45, 2.75) is 31.8 Å². The summed E-state index contributed by atoms with van der Waals surface area (Å²) in [6.07, 6.45) is 4.90. The first-order chi connectivity index (χ1) is 11.9. The van der Waals surface area contributed by atoms with E-state index in [1.165, 1.54) is 47.9 Å². The number of ether oxygens (including phenoxy) is 1. The van der Waals surface area contributed by atoms with Crippen LogP contribution in [0.4, 0.5) is 0 Å². The van der Waals surface area contributed by atoms with Crippen molar-refractivity contribution in [2.24, 2.45) is 0 Å². The molecule has 0 amide bonds. The van der Waals surface area contributed by atoms with Gasteiger partial charge in [-0.3, -0.25) is 0 Å². The molecule has 0 N–H and O–H groups in total. The van der Waals surface area contributed by atoms with E-state index in [2.05, 4.69) is 66.7 Å². The van der Waals surface area contributed by atoms with Crippen LogP contribution in [0.25, 0.3) is 0 Å². The Bertz CT molecular complexity index is 753. The average Bonchev–Trinajstić information content (AvgIpc) is 2.67. The number of rotatable bonds is 4. The predicted molar refractivity (Wildman–Crippen MR) is 98.4 cm³/mol. The standard InChI is InChI=1S/C23H22O/c1-3-10-19(11-4-1)23(20-12-5-2-6-13-20)24-22-16-15-18-9-7-8-14-21(18)17-22/h1-6,10-13,15-17,23H,7-9,14H2. The van der Waals surface area contributed by atoms with Gasteiger partial charge in [-0.1, -0.05) is 66.7 Å². The van der Waals surface area contributed by atoms with Gasteiger partial charge in [0, 0.05) is 0 Å². The zero-order valence-corrected chi connectivity index (χ0v) is 13.8. The normalized spacial score (nSPS) is 13.5. The third-order valence-corrected chi connectivity index (χ3v) is 4.78. The van der Waals surface area contributed by atoms with Crippen LogP contribution in [0.5, 0.6) is 5.75 Å². The van der Waals surface area contributed by atoms with Gasteiger partial charge in [-0.15, -0.1) is 0 Å². The lowest BCUT2D eigenvalue weighted by Gasteiger charge is -2.22. The van der Waals surface area contributed by atoms with Crippen molar-refractivity contribution in [3.8, 4) is 5.75 Å². The quantitative estimate of drug-likeness (QED) is 0.597. The maximum Gasteiger partial charge on any atom is 0.149 e. The molecule has 0 aromatic heterocycles. The predicted octanol–water partition coefficient (Wildman–Crippen LogP) is 5.73. The molecule has 4 rings (SSSR count). The minimum absolute atomic E-state index is 0.0750. The van der Waals surface area contributed by atoms with Crippen LogP contribution in [0, 0.1) is 0 Å². The molecule has 1 heteroatoms. The topological polar surface area (TPSA) is 9.23 Å². The van der Waals surface area contributed by atoms with Crippen LogP contribution >= 0.6 is 0 Å². The largest absolute Gasteiger partial charge is 0.481 e. The first-order valence-electron chi connectivity index (χ1n) is 8.78. The Labute approximate surface area is 143 Å². The molecule has 0 atom stereocenters. The van der Waals surface area contributed by atoms with Gasteiger partial charge in [0.1, 0.15) is 11.9 Å². The van der Waals surface area contributed by atoms with E-state index < -0.39 is 0 Å². The molecule has 0 saturated carbocycles. The van der Waals surface area contributed by atoms with Crippen LogP contribution in [-0.2, 0) is 12.8 Å². The fraction of sp³-hybridized carbons (Fsp3) is 0.217. The Balaban J connectivity index is 1.67. The van der Waals surface area contributed by atoms with E-state index in [9.17, 15) is 0 Å². The van der Waals surface area contributed by atoms with Crippen LogP contribution < -0.4 is 4.74 Å². The molecule has 0 saturated heterocycles. The smallest absolute Gasteiger partial charge is 0.149 e. The minimum atomic E-state index is -0.0750. The number of aryl methyl sites for hydroxylation is 2. The van der Waals surface area contributed by atoms with Crippen LogP contribution in [0.1, 0.15) is 41.2 Å². The highest BCUT2D eigenvalue weighted by atomic mass is 16.5. The van der Waals surface area contributed by atoms with Gasteiger partial charge < -0.3 is 4.74 Å². The molecule has 0 aliphatic heterocycles. The van der Waals surface area contributed by atoms with Gasteiger partial charge in [0.15, 0.2) is 0 Å². The molecule has 3 aromatic rings. The van der Waals surface area contributed by atoms with Crippen molar-refractivity contribution in [1.82, 2.24) is 0 Å². The zero-order valence-electron chi connectivity index (χ0n) is 13.8. The maximum absolute atomic E-state index is 6.45. The van der Waals surface area contributed by atoms with E-state index in [0.717, 1.165) is 5.75 Å². The molecule has 0 spiro atoms. The van der Waals surface area contributed by atoms with Gasteiger partial charge in [0.2, 0.25) is 0 Å². The maximum atomic E-state index is 6.45. The minimum Gasteiger partial charge on any atom is -0.481 e. The monoisotopic (exact) mass is 314 g/mol. The third kappa shape index (κ3) is 3.21. The summed E-state index contributed by atoms with van der Waals surface area (Å²) in [5, 5.41) is 0. The Hall–Kier alpha value is -2.54. The number of hydrogen-bond acceptors (Lipinski definition) is 1. The summed E-state index contributed by atoms with van der Waals surface area (Å²) in [5.41, 5.74) is 5.31. The molecule has 3 aromatic carbocycles. The van der Waals surface area contributed by atoms with E-state index in [0.29, 0.717) is 0 Å². The lowest BCUT2D eigenvalue weighted by Crippen LogP contribution is -2.10. The molecule has 0 bridgehead atoms. The highest BCUT2D eigenvalue weighted by molar-refractivity contribution is 5.39. The highest BCUT2D eigenvalue weighted by Crippen LogP contribution is 2.31. The molecule has 1 nitrogen and oxygen atoms in total. The molecule has 1 aliphatic carbocycles. The molecular weight excluding hydrogens is 292 g/mol. The summed E-state index contributed by atoms with van der Waals surface area (Å²) in [6.45, 7) is 0. The molecule has 24 heavy (non-hydrogen) atoms. The van der Waals surface area contributed by atoms with Crippen molar-refractivity contribution < 1.29 is 4.74 Å². The number of fused-ring (bicyclic) bond motifs is 1. The van der Waals surface area contributed by atoms with Gasteiger partial charge in [-0.25, -0.2) is 0 Å². The Morgan fingerprint density at radius 1 is 0.625 bits per heavy atom. The van der Waals surface area contributed by atoms with Crippen molar-refractivity contribution in [2.75, 3.05) is 0 Å². The van der Waals surface area contributed by atoms with E-state index in [1.807, 2.05) is 12.1 Å². The van der Waals surface area contributed by atoms with E-state index in [4.69, 9.17) is 4.74 Å². The summed E-state index contributed by atoms with van der Waals surface area (Å²) in [5.74, 6) is 0.966. The van der Waals surface area contributed by atoms with Gasteiger partial charge in [-0.2, -0.15) is 0 Å². The second-order valence-corrected chi connectivity index (χ2v) is 6.46.